The summed E-state index contributed by atoms with van der Waals surface area (Å²) < 4.78 is 27.2. The van der Waals surface area contributed by atoms with E-state index in [1.54, 1.807) is 18.2 Å². The lowest BCUT2D eigenvalue weighted by molar-refractivity contribution is -0.142. The second-order valence-electron chi connectivity index (χ2n) is 6.65. The molecule has 2 aromatic carbocycles. The Hall–Kier alpha value is -2.71. The zero-order chi connectivity index (χ0) is 19.0. The van der Waals surface area contributed by atoms with E-state index < -0.39 is 21.9 Å². The Morgan fingerprint density at radius 1 is 1.11 bits per heavy atom. The van der Waals surface area contributed by atoms with E-state index >= 15 is 0 Å². The van der Waals surface area contributed by atoms with Crippen LogP contribution < -0.4 is 0 Å². The first-order valence-electron chi connectivity index (χ1n) is 8.73. The van der Waals surface area contributed by atoms with Crippen molar-refractivity contribution in [2.24, 2.45) is 5.92 Å². The maximum Gasteiger partial charge on any atom is 0.306 e. The third kappa shape index (κ3) is 3.33. The van der Waals surface area contributed by atoms with E-state index in [1.807, 2.05) is 30.3 Å². The number of aromatic amines is 1. The molecule has 1 aromatic heterocycles. The maximum atomic E-state index is 12.9. The Balaban J connectivity index is 1.62. The van der Waals surface area contributed by atoms with E-state index in [2.05, 4.69) is 9.97 Å². The number of hydrogen-bond acceptors (Lipinski definition) is 4. The second-order valence-corrected chi connectivity index (χ2v) is 8.58. The van der Waals surface area contributed by atoms with Gasteiger partial charge in [-0.2, -0.15) is 4.31 Å². The van der Waals surface area contributed by atoms with Gasteiger partial charge in [-0.1, -0.05) is 30.3 Å². The highest BCUT2D eigenvalue weighted by atomic mass is 32.2. The summed E-state index contributed by atoms with van der Waals surface area (Å²) in [7, 11) is -3.67. The highest BCUT2D eigenvalue weighted by Gasteiger charge is 2.32. The fraction of sp³-hybridized carbons (Fsp3) is 0.263. The predicted octanol–water partition coefficient (Wildman–Crippen LogP) is 2.72. The summed E-state index contributed by atoms with van der Waals surface area (Å²) >= 11 is 0. The summed E-state index contributed by atoms with van der Waals surface area (Å²) in [5.41, 5.74) is 2.27. The van der Waals surface area contributed by atoms with Crippen molar-refractivity contribution in [2.45, 2.75) is 17.7 Å². The molecule has 0 bridgehead atoms. The largest absolute Gasteiger partial charge is 0.481 e. The molecule has 0 spiro atoms. The highest BCUT2D eigenvalue weighted by Crippen LogP contribution is 2.27. The molecular formula is C19H19N3O4S. The van der Waals surface area contributed by atoms with Crippen molar-refractivity contribution in [1.82, 2.24) is 14.3 Å². The Morgan fingerprint density at radius 2 is 1.81 bits per heavy atom. The first-order valence-corrected chi connectivity index (χ1v) is 10.2. The Morgan fingerprint density at radius 3 is 2.48 bits per heavy atom. The lowest BCUT2D eigenvalue weighted by Crippen LogP contribution is -2.40. The number of rotatable bonds is 4. The van der Waals surface area contributed by atoms with Gasteiger partial charge in [-0.15, -0.1) is 0 Å². The molecule has 0 saturated carbocycles. The molecule has 1 aliphatic rings. The number of aromatic nitrogens is 2. The van der Waals surface area contributed by atoms with E-state index in [0.29, 0.717) is 29.7 Å². The number of carbonyl (C=O) groups is 1. The van der Waals surface area contributed by atoms with Crippen LogP contribution in [0.5, 0.6) is 0 Å². The van der Waals surface area contributed by atoms with Crippen molar-refractivity contribution in [2.75, 3.05) is 13.1 Å². The van der Waals surface area contributed by atoms with Gasteiger partial charge >= 0.3 is 5.97 Å². The second kappa shape index (κ2) is 6.79. The summed E-state index contributed by atoms with van der Waals surface area (Å²) in [6, 6.07) is 14.5. The Kier molecular flexibility index (Phi) is 4.45. The van der Waals surface area contributed by atoms with Crippen molar-refractivity contribution in [3.63, 3.8) is 0 Å². The molecule has 1 aliphatic heterocycles. The van der Waals surface area contributed by atoms with Crippen LogP contribution in [-0.4, -0.2) is 46.9 Å². The van der Waals surface area contributed by atoms with E-state index in [-0.39, 0.29) is 18.0 Å². The average Bonchev–Trinajstić information content (AvgIpc) is 3.12. The molecule has 0 amide bonds. The number of carboxylic acids is 1. The van der Waals surface area contributed by atoms with Crippen LogP contribution in [-0.2, 0) is 14.8 Å². The van der Waals surface area contributed by atoms with Gasteiger partial charge in [0.05, 0.1) is 21.8 Å². The molecule has 3 aromatic rings. The monoisotopic (exact) mass is 385 g/mol. The molecule has 2 heterocycles. The van der Waals surface area contributed by atoms with Crippen LogP contribution in [0.2, 0.25) is 0 Å². The first-order chi connectivity index (χ1) is 12.9. The number of benzene rings is 2. The molecule has 140 valence electrons. The third-order valence-corrected chi connectivity index (χ3v) is 6.84. The Bertz CT molecular complexity index is 1080. The maximum absolute atomic E-state index is 12.9. The highest BCUT2D eigenvalue weighted by molar-refractivity contribution is 7.89. The van der Waals surface area contributed by atoms with Gasteiger partial charge in [0.15, 0.2) is 0 Å². The molecule has 27 heavy (non-hydrogen) atoms. The SMILES string of the molecule is O=C(O)C1CCN(S(=O)(=O)c2ccc3nc(-c4ccccc4)[nH]c3c2)CC1. The number of H-pyrrole nitrogens is 1. The average molecular weight is 385 g/mol. The Labute approximate surface area is 156 Å². The number of carboxylic acid groups (broad SMARTS) is 1. The topological polar surface area (TPSA) is 103 Å². The summed E-state index contributed by atoms with van der Waals surface area (Å²) in [5, 5.41) is 9.08. The third-order valence-electron chi connectivity index (χ3n) is 4.94. The fourth-order valence-electron chi connectivity index (χ4n) is 3.37. The fourth-order valence-corrected chi connectivity index (χ4v) is 4.87. The molecular weight excluding hydrogens is 366 g/mol. The number of sulfonamides is 1. The van der Waals surface area contributed by atoms with Gasteiger partial charge in [0.25, 0.3) is 0 Å². The van der Waals surface area contributed by atoms with E-state index in [9.17, 15) is 13.2 Å². The number of aliphatic carboxylic acids is 1. The quantitative estimate of drug-likeness (QED) is 0.719. The molecule has 7 nitrogen and oxygen atoms in total. The van der Waals surface area contributed by atoms with Crippen LogP contribution in [0.25, 0.3) is 22.4 Å². The first kappa shape index (κ1) is 17.7. The lowest BCUT2D eigenvalue weighted by Gasteiger charge is -2.29. The number of hydrogen-bond donors (Lipinski definition) is 2. The molecule has 0 atom stereocenters. The van der Waals surface area contributed by atoms with Crippen molar-refractivity contribution < 1.29 is 18.3 Å². The summed E-state index contributed by atoms with van der Waals surface area (Å²) in [6.07, 6.45) is 0.665. The van der Waals surface area contributed by atoms with Gasteiger partial charge in [-0.3, -0.25) is 4.79 Å². The van der Waals surface area contributed by atoms with E-state index in [1.165, 1.54) is 4.31 Å². The van der Waals surface area contributed by atoms with Gasteiger partial charge in [-0.25, -0.2) is 13.4 Å². The van der Waals surface area contributed by atoms with Crippen molar-refractivity contribution >= 4 is 27.0 Å². The standard InChI is InChI=1S/C19H19N3O4S/c23-19(24)14-8-10-22(11-9-14)27(25,26)15-6-7-16-17(12-15)21-18(20-16)13-4-2-1-3-5-13/h1-7,12,14H,8-11H2,(H,20,21)(H,23,24). The van der Waals surface area contributed by atoms with Gasteiger partial charge in [-0.05, 0) is 31.0 Å². The minimum absolute atomic E-state index is 0.187. The van der Waals surface area contributed by atoms with Crippen molar-refractivity contribution in [1.29, 1.82) is 0 Å². The number of fused-ring (bicyclic) bond motifs is 1. The minimum atomic E-state index is -3.67. The molecule has 1 saturated heterocycles. The van der Waals surface area contributed by atoms with Crippen LogP contribution in [0, 0.1) is 5.92 Å². The van der Waals surface area contributed by atoms with Gasteiger partial charge in [0.2, 0.25) is 10.0 Å². The van der Waals surface area contributed by atoms with Gasteiger partial charge < -0.3 is 10.1 Å². The molecule has 8 heteroatoms. The molecule has 0 aliphatic carbocycles. The van der Waals surface area contributed by atoms with Crippen LogP contribution >= 0.6 is 0 Å². The lowest BCUT2D eigenvalue weighted by atomic mass is 9.99. The van der Waals surface area contributed by atoms with E-state index in [0.717, 1.165) is 5.56 Å². The number of imidazole rings is 1. The number of nitrogens with one attached hydrogen (secondary N) is 1. The summed E-state index contributed by atoms with van der Waals surface area (Å²) in [6.45, 7) is 0.436. The van der Waals surface area contributed by atoms with E-state index in [4.69, 9.17) is 5.11 Å². The molecule has 1 fully saturated rings. The number of piperidine rings is 1. The minimum Gasteiger partial charge on any atom is -0.481 e. The number of nitrogens with zero attached hydrogens (tertiary/aromatic N) is 2. The normalized spacial score (nSPS) is 16.6. The van der Waals surface area contributed by atoms with Crippen molar-refractivity contribution in [3.8, 4) is 11.4 Å². The summed E-state index contributed by atoms with van der Waals surface area (Å²) in [5.74, 6) is -0.651. The molecule has 2 N–H and O–H groups in total. The van der Waals surface area contributed by atoms with Crippen LogP contribution in [0.1, 0.15) is 12.8 Å². The van der Waals surface area contributed by atoms with Gasteiger partial charge in [0.1, 0.15) is 5.82 Å². The zero-order valence-corrected chi connectivity index (χ0v) is 15.3. The smallest absolute Gasteiger partial charge is 0.306 e. The molecule has 0 unspecified atom stereocenters. The van der Waals surface area contributed by atoms with Crippen LogP contribution in [0.15, 0.2) is 53.4 Å². The molecule has 0 radical (unpaired) electrons. The van der Waals surface area contributed by atoms with Gasteiger partial charge in [0, 0.05) is 18.7 Å². The molecule has 4 rings (SSSR count). The van der Waals surface area contributed by atoms with Crippen LogP contribution in [0.3, 0.4) is 0 Å². The predicted molar refractivity (Wildman–Crippen MR) is 101 cm³/mol. The van der Waals surface area contributed by atoms with Crippen molar-refractivity contribution in [3.05, 3.63) is 48.5 Å². The van der Waals surface area contributed by atoms with Crippen LogP contribution in [0.4, 0.5) is 0 Å². The summed E-state index contributed by atoms with van der Waals surface area (Å²) in [4.78, 5) is 19.0. The zero-order valence-electron chi connectivity index (χ0n) is 14.5.